The molecule has 5 rings (SSSR count). The highest BCUT2D eigenvalue weighted by Crippen LogP contribution is 2.35. The quantitative estimate of drug-likeness (QED) is 0.447. The molecule has 2 aliphatic heterocycles. The van der Waals surface area contributed by atoms with E-state index in [-0.39, 0.29) is 24.3 Å². The van der Waals surface area contributed by atoms with Gasteiger partial charge in [0.15, 0.2) is 5.78 Å². The van der Waals surface area contributed by atoms with Crippen molar-refractivity contribution < 1.29 is 14.4 Å². The smallest absolute Gasteiger partial charge is 0.254 e. The van der Waals surface area contributed by atoms with Crippen LogP contribution in [0.3, 0.4) is 0 Å². The molecule has 2 aliphatic rings. The van der Waals surface area contributed by atoms with Crippen molar-refractivity contribution in [3.63, 3.8) is 0 Å². The number of carbonyl (C=O) groups excluding carboxylic acids is 3. The Bertz CT molecular complexity index is 1270. The van der Waals surface area contributed by atoms with E-state index in [1.54, 1.807) is 18.7 Å². The molecule has 3 atom stereocenters. The van der Waals surface area contributed by atoms with Crippen LogP contribution in [0.5, 0.6) is 0 Å². The predicted octanol–water partition coefficient (Wildman–Crippen LogP) is 1.67. The Kier molecular flexibility index (Phi) is 5.50. The van der Waals surface area contributed by atoms with Gasteiger partial charge in [0.2, 0.25) is 5.91 Å². The van der Waals surface area contributed by atoms with Gasteiger partial charge in [-0.1, -0.05) is 36.4 Å². The van der Waals surface area contributed by atoms with Crippen LogP contribution < -0.4 is 16.4 Å². The van der Waals surface area contributed by atoms with Crippen LogP contribution in [0, 0.1) is 0 Å². The van der Waals surface area contributed by atoms with Gasteiger partial charge in [-0.05, 0) is 37.1 Å². The molecule has 1 saturated heterocycles. The van der Waals surface area contributed by atoms with Gasteiger partial charge in [0.25, 0.3) is 5.91 Å². The van der Waals surface area contributed by atoms with Gasteiger partial charge in [-0.2, -0.15) is 0 Å². The number of nitrogens with two attached hydrogens (primary N) is 1. The van der Waals surface area contributed by atoms with E-state index in [0.717, 1.165) is 22.0 Å². The molecule has 1 fully saturated rings. The van der Waals surface area contributed by atoms with Gasteiger partial charge in [-0.25, -0.2) is 0 Å². The number of hydrogen-bond acceptors (Lipinski definition) is 5. The molecule has 3 unspecified atom stereocenters. The Morgan fingerprint density at radius 2 is 1.91 bits per heavy atom. The van der Waals surface area contributed by atoms with Crippen molar-refractivity contribution in [3.05, 3.63) is 71.4 Å². The third-order valence-corrected chi connectivity index (χ3v) is 6.80. The summed E-state index contributed by atoms with van der Waals surface area (Å²) in [6.07, 6.45) is 2.19. The van der Waals surface area contributed by atoms with E-state index in [0.29, 0.717) is 18.5 Å². The van der Waals surface area contributed by atoms with Crippen LogP contribution in [-0.4, -0.2) is 58.2 Å². The number of H-pyrrole nitrogens is 1. The van der Waals surface area contributed by atoms with E-state index in [1.807, 2.05) is 54.7 Å². The first-order valence-corrected chi connectivity index (χ1v) is 11.6. The minimum Gasteiger partial charge on any atom is -0.361 e. The lowest BCUT2D eigenvalue weighted by Crippen LogP contribution is -2.61. The zero-order valence-electron chi connectivity index (χ0n) is 19.3. The Labute approximate surface area is 197 Å². The SMILES string of the molecule is CC(C)(N)C(=O)NC(Cc1c[nH]c2ccccc12)C(=O)C1CN2C(=O)c3ccccc3C2CN1. The molecule has 34 heavy (non-hydrogen) atoms. The molecule has 2 aromatic carbocycles. The van der Waals surface area contributed by atoms with Gasteiger partial charge in [0, 0.05) is 42.2 Å². The highest BCUT2D eigenvalue weighted by atomic mass is 16.2. The molecular weight excluding hydrogens is 430 g/mol. The topological polar surface area (TPSA) is 120 Å². The van der Waals surface area contributed by atoms with E-state index in [1.165, 1.54) is 0 Å². The second-order valence-corrected chi connectivity index (χ2v) is 9.74. The number of nitrogens with zero attached hydrogens (tertiary/aromatic N) is 1. The van der Waals surface area contributed by atoms with E-state index in [9.17, 15) is 14.4 Å². The normalized spacial score (nSPS) is 20.7. The second kappa shape index (κ2) is 8.38. The van der Waals surface area contributed by atoms with Gasteiger partial charge < -0.3 is 26.3 Å². The summed E-state index contributed by atoms with van der Waals surface area (Å²) < 4.78 is 0. The Morgan fingerprint density at radius 1 is 1.18 bits per heavy atom. The zero-order chi connectivity index (χ0) is 24.0. The van der Waals surface area contributed by atoms with Crippen molar-refractivity contribution in [1.82, 2.24) is 20.5 Å². The Hall–Kier alpha value is -3.49. The number of ketones is 1. The van der Waals surface area contributed by atoms with Gasteiger partial charge in [-0.15, -0.1) is 0 Å². The maximum Gasteiger partial charge on any atom is 0.254 e. The molecule has 5 N–H and O–H groups in total. The number of rotatable bonds is 6. The van der Waals surface area contributed by atoms with Crippen LogP contribution in [0.25, 0.3) is 10.9 Å². The summed E-state index contributed by atoms with van der Waals surface area (Å²) in [6, 6.07) is 13.9. The van der Waals surface area contributed by atoms with E-state index in [2.05, 4.69) is 15.6 Å². The molecule has 0 bridgehead atoms. The van der Waals surface area contributed by atoms with Crippen LogP contribution in [0.1, 0.15) is 41.4 Å². The monoisotopic (exact) mass is 459 g/mol. The molecule has 8 heteroatoms. The maximum absolute atomic E-state index is 13.7. The van der Waals surface area contributed by atoms with Gasteiger partial charge in [0.05, 0.1) is 23.7 Å². The summed E-state index contributed by atoms with van der Waals surface area (Å²) in [5, 5.41) is 7.20. The van der Waals surface area contributed by atoms with Crippen molar-refractivity contribution in [2.75, 3.05) is 13.1 Å². The Morgan fingerprint density at radius 3 is 2.71 bits per heavy atom. The van der Waals surface area contributed by atoms with E-state index >= 15 is 0 Å². The first kappa shape index (κ1) is 22.3. The molecule has 176 valence electrons. The van der Waals surface area contributed by atoms with Crippen molar-refractivity contribution in [2.24, 2.45) is 5.73 Å². The van der Waals surface area contributed by atoms with E-state index in [4.69, 9.17) is 5.73 Å². The molecule has 0 spiro atoms. The molecule has 2 amide bonds. The predicted molar refractivity (Wildman–Crippen MR) is 129 cm³/mol. The number of carbonyl (C=O) groups is 3. The molecule has 0 radical (unpaired) electrons. The number of Topliss-reactive ketones (excluding diaryl/α,β-unsaturated/α-hetero) is 1. The summed E-state index contributed by atoms with van der Waals surface area (Å²) in [6.45, 7) is 3.96. The molecule has 1 aromatic heterocycles. The molecule has 0 saturated carbocycles. The maximum atomic E-state index is 13.7. The molecule has 0 aliphatic carbocycles. The fourth-order valence-electron chi connectivity index (χ4n) is 4.91. The molecule has 8 nitrogen and oxygen atoms in total. The van der Waals surface area contributed by atoms with Crippen molar-refractivity contribution in [2.45, 2.75) is 43.9 Å². The standard InChI is InChI=1S/C26H29N5O3/c1-26(2,27)25(34)30-20(11-15-12-28-19-10-6-5-7-16(15)19)23(32)21-14-31-22(13-29-21)17-8-3-4-9-18(17)24(31)33/h3-10,12,20-22,28-29H,11,13-14,27H2,1-2H3,(H,30,34). The van der Waals surface area contributed by atoms with Gasteiger partial charge >= 0.3 is 0 Å². The number of aromatic amines is 1. The third kappa shape index (κ3) is 3.89. The van der Waals surface area contributed by atoms with Crippen molar-refractivity contribution >= 4 is 28.5 Å². The lowest BCUT2D eigenvalue weighted by Gasteiger charge is -2.37. The van der Waals surface area contributed by atoms with Crippen LogP contribution in [0.15, 0.2) is 54.7 Å². The summed E-state index contributed by atoms with van der Waals surface area (Å²) in [4.78, 5) is 44.4. The van der Waals surface area contributed by atoms with Crippen molar-refractivity contribution in [3.8, 4) is 0 Å². The lowest BCUT2D eigenvalue weighted by atomic mass is 9.94. The molecular formula is C26H29N5O3. The molecule has 3 heterocycles. The average molecular weight is 460 g/mol. The first-order chi connectivity index (χ1) is 16.2. The number of piperazine rings is 1. The lowest BCUT2D eigenvalue weighted by molar-refractivity contribution is -0.131. The number of amides is 2. The highest BCUT2D eigenvalue weighted by molar-refractivity contribution is 6.01. The largest absolute Gasteiger partial charge is 0.361 e. The number of nitrogens with one attached hydrogen (secondary N) is 3. The third-order valence-electron chi connectivity index (χ3n) is 6.80. The summed E-state index contributed by atoms with van der Waals surface area (Å²) >= 11 is 0. The highest BCUT2D eigenvalue weighted by Gasteiger charge is 2.43. The fraction of sp³-hybridized carbons (Fsp3) is 0.346. The van der Waals surface area contributed by atoms with Crippen molar-refractivity contribution in [1.29, 1.82) is 0 Å². The zero-order valence-corrected chi connectivity index (χ0v) is 19.3. The van der Waals surface area contributed by atoms with Gasteiger partial charge in [-0.3, -0.25) is 14.4 Å². The summed E-state index contributed by atoms with van der Waals surface area (Å²) in [5.74, 6) is -0.616. The Balaban J connectivity index is 1.39. The van der Waals surface area contributed by atoms with E-state index < -0.39 is 23.5 Å². The summed E-state index contributed by atoms with van der Waals surface area (Å²) in [7, 11) is 0. The minimum absolute atomic E-state index is 0.0554. The van der Waals surface area contributed by atoms with Crippen LogP contribution >= 0.6 is 0 Å². The number of para-hydroxylation sites is 1. The molecule has 3 aromatic rings. The number of benzene rings is 2. The minimum atomic E-state index is -1.13. The average Bonchev–Trinajstić information content (AvgIpc) is 3.36. The van der Waals surface area contributed by atoms with Crippen LogP contribution in [0.2, 0.25) is 0 Å². The van der Waals surface area contributed by atoms with Gasteiger partial charge in [0.1, 0.15) is 0 Å². The van der Waals surface area contributed by atoms with Crippen LogP contribution in [0.4, 0.5) is 0 Å². The second-order valence-electron chi connectivity index (χ2n) is 9.74. The number of aromatic nitrogens is 1. The fourth-order valence-corrected chi connectivity index (χ4v) is 4.91. The first-order valence-electron chi connectivity index (χ1n) is 11.6. The van der Waals surface area contributed by atoms with Crippen LogP contribution in [-0.2, 0) is 16.0 Å². The number of hydrogen-bond donors (Lipinski definition) is 4. The summed E-state index contributed by atoms with van der Waals surface area (Å²) in [5.41, 5.74) is 8.46. The number of fused-ring (bicyclic) bond motifs is 4.